The lowest BCUT2D eigenvalue weighted by Gasteiger charge is -2.36. The van der Waals surface area contributed by atoms with Gasteiger partial charge in [0.1, 0.15) is 83.6 Å². The van der Waals surface area contributed by atoms with E-state index in [9.17, 15) is 59.5 Å². The Hall–Kier alpha value is -13.2. The summed E-state index contributed by atoms with van der Waals surface area (Å²) in [6, 6.07) is 71.1. The number of fused-ring (bicyclic) bond motifs is 6. The second-order valence-corrected chi connectivity index (χ2v) is 27.4. The Morgan fingerprint density at radius 2 is 0.791 bits per heavy atom. The number of carboxylic acid groups (broad SMARTS) is 2. The number of hydrogen-bond acceptors (Lipinski definition) is 18. The zero-order valence-corrected chi connectivity index (χ0v) is 61.9. The average molecular weight is 1540 g/mol. The highest BCUT2D eigenvalue weighted by atomic mass is 16.5. The molecule has 4 unspecified atom stereocenters. The number of allylic oxidation sites excluding steroid dienone is 8. The van der Waals surface area contributed by atoms with Crippen molar-refractivity contribution in [1.82, 2.24) is 0 Å². The highest BCUT2D eigenvalue weighted by molar-refractivity contribution is 6.65. The van der Waals surface area contributed by atoms with Crippen molar-refractivity contribution in [3.63, 3.8) is 0 Å². The Bertz CT molecular complexity index is 5820. The Morgan fingerprint density at radius 1 is 0.409 bits per heavy atom. The van der Waals surface area contributed by atoms with Gasteiger partial charge in [0.2, 0.25) is 0 Å². The van der Waals surface area contributed by atoms with Gasteiger partial charge in [-0.05, 0) is 139 Å². The number of carbonyl (C=O) groups is 2. The van der Waals surface area contributed by atoms with Crippen LogP contribution in [-0.2, 0) is 26.4 Å². The van der Waals surface area contributed by atoms with Crippen LogP contribution in [0.5, 0.6) is 34.5 Å². The summed E-state index contributed by atoms with van der Waals surface area (Å²) in [5.41, 5.74) is 11.5. The summed E-state index contributed by atoms with van der Waals surface area (Å²) in [6.45, 7) is 11.6. The predicted molar refractivity (Wildman–Crippen MR) is 446 cm³/mol. The molecular formula is C91H80B4O20. The third-order valence-corrected chi connectivity index (χ3v) is 19.6. The van der Waals surface area contributed by atoms with Crippen LogP contribution in [0.15, 0.2) is 333 Å². The third-order valence-electron chi connectivity index (χ3n) is 19.6. The van der Waals surface area contributed by atoms with Crippen molar-refractivity contribution in [2.75, 3.05) is 0 Å². The molecule has 4 heterocycles. The second kappa shape index (κ2) is 37.0. The van der Waals surface area contributed by atoms with E-state index in [4.69, 9.17) is 37.3 Å². The van der Waals surface area contributed by atoms with Gasteiger partial charge >= 0.3 is 51.3 Å². The molecule has 576 valence electrons. The Kier molecular flexibility index (Phi) is 26.1. The topological polar surface area (TPSA) is 312 Å². The smallest absolute Gasteiger partial charge is 0.488 e. The van der Waals surface area contributed by atoms with Crippen molar-refractivity contribution in [2.24, 2.45) is 11.8 Å². The van der Waals surface area contributed by atoms with Crippen LogP contribution in [0.25, 0.3) is 21.9 Å². The van der Waals surface area contributed by atoms with Crippen molar-refractivity contribution < 1.29 is 87.2 Å². The molecule has 0 amide bonds. The van der Waals surface area contributed by atoms with Crippen molar-refractivity contribution >= 4 is 83.8 Å². The highest BCUT2D eigenvalue weighted by Gasteiger charge is 2.40. The first-order valence-electron chi connectivity index (χ1n) is 36.5. The van der Waals surface area contributed by atoms with Gasteiger partial charge in [0, 0.05) is 82.0 Å². The maximum atomic E-state index is 12.0. The van der Waals surface area contributed by atoms with E-state index >= 15 is 0 Å². The minimum absolute atomic E-state index is 0. The number of carboxylic acids is 2. The van der Waals surface area contributed by atoms with Crippen molar-refractivity contribution in [3.05, 3.63) is 391 Å². The maximum Gasteiger partial charge on any atom is 0.488 e. The van der Waals surface area contributed by atoms with Crippen LogP contribution in [-0.4, -0.2) is 80.4 Å². The first-order chi connectivity index (χ1) is 55.1. The van der Waals surface area contributed by atoms with Crippen LogP contribution >= 0.6 is 0 Å². The maximum absolute atomic E-state index is 12.0. The van der Waals surface area contributed by atoms with Crippen molar-refractivity contribution in [1.29, 1.82) is 0 Å². The Morgan fingerprint density at radius 3 is 1.22 bits per heavy atom. The van der Waals surface area contributed by atoms with Crippen molar-refractivity contribution in [3.8, 4) is 34.5 Å². The van der Waals surface area contributed by atoms with E-state index < -0.39 is 40.0 Å². The number of benzene rings is 10. The van der Waals surface area contributed by atoms with Gasteiger partial charge in [-0.2, -0.15) is 0 Å². The molecule has 0 bridgehead atoms. The lowest BCUT2D eigenvalue weighted by Crippen LogP contribution is -2.33. The van der Waals surface area contributed by atoms with Gasteiger partial charge < -0.3 is 77.6 Å². The monoisotopic (exact) mass is 1540 g/mol. The second-order valence-electron chi connectivity index (χ2n) is 27.4. The molecule has 0 radical (unpaired) electrons. The fraction of sp³-hybridized carbons (Fsp3) is 0.121. The van der Waals surface area contributed by atoms with E-state index in [1.807, 2.05) is 164 Å². The molecule has 20 nitrogen and oxygen atoms in total. The van der Waals surface area contributed by atoms with Crippen LogP contribution < -0.4 is 61.5 Å². The van der Waals surface area contributed by atoms with Gasteiger partial charge in [-0.1, -0.05) is 204 Å². The molecule has 8 N–H and O–H groups in total. The molecule has 10 aromatic carbocycles. The highest BCUT2D eigenvalue weighted by Crippen LogP contribution is 2.51. The fourth-order valence-corrected chi connectivity index (χ4v) is 13.8. The predicted octanol–water partition coefficient (Wildman–Crippen LogP) is 12.6. The van der Waals surface area contributed by atoms with Crippen LogP contribution in [0.1, 0.15) is 84.5 Å². The minimum atomic E-state index is -1.59. The summed E-state index contributed by atoms with van der Waals surface area (Å²) in [6.07, 6.45) is 11.6. The summed E-state index contributed by atoms with van der Waals surface area (Å²) in [5, 5.41) is 78.3. The van der Waals surface area contributed by atoms with Gasteiger partial charge in [-0.3, -0.25) is 0 Å². The minimum Gasteiger partial charge on any atom is -0.489 e. The normalized spacial score (nSPS) is 15.1. The summed E-state index contributed by atoms with van der Waals surface area (Å²) in [5.74, 6) is 2.22. The standard InChI is InChI=1S/2C28H23BO6.2C17H15BO4.CH4/c1-17-10-12-22-25(14-17)35-26-15-19(34-16-18-6-2-5-9-24(18)29(32)33)11-13-23(26)27(22)20-7-3-4-8-21(20)28(30)31;1-17-6-12-23-25(14-17)35-26-15-20(34-16-18-7-9-19(10-8-18)29(32)33)11-13-24(26)27(23)21-4-2-3-5-22(21)28(30)31;1-18(20)14-6-2-12(3-7-14)11-21-15-8-4-13-5-9-17(19)22-16(13)10-15;1-18(20)15-5-3-2-4-13(15)11-21-14-8-6-12-7-9-17(19)22-16(12)10-14;/h2-15,22,27,32-33H,1,16H2,(H,30,31);2-15,23,27,32-33H,1,16H2,(H,30,31);2*2-10,20H,11H2,1H3;1H4. The first kappa shape index (κ1) is 81.3. The zero-order valence-electron chi connectivity index (χ0n) is 61.9. The fourth-order valence-electron chi connectivity index (χ4n) is 13.8. The molecule has 4 aliphatic rings. The molecule has 0 saturated heterocycles. The molecule has 0 fully saturated rings. The molecule has 2 aliphatic carbocycles. The average Bonchev–Trinajstić information content (AvgIpc) is 0.753. The van der Waals surface area contributed by atoms with Gasteiger partial charge in [0.25, 0.3) is 0 Å². The molecule has 115 heavy (non-hydrogen) atoms. The molecule has 0 saturated carbocycles. The van der Waals surface area contributed by atoms with Crippen molar-refractivity contribution in [2.45, 2.75) is 59.3 Å². The van der Waals surface area contributed by atoms with Gasteiger partial charge in [-0.25, -0.2) is 19.2 Å². The first-order valence-corrected chi connectivity index (χ1v) is 36.5. The van der Waals surface area contributed by atoms with Gasteiger partial charge in [0.15, 0.2) is 0 Å². The number of ether oxygens (including phenoxy) is 6. The molecule has 4 atom stereocenters. The zero-order chi connectivity index (χ0) is 80.1. The molecular weight excluding hydrogens is 1460 g/mol. The van der Waals surface area contributed by atoms with Crippen LogP contribution in [0.2, 0.25) is 13.6 Å². The third kappa shape index (κ3) is 19.8. The van der Waals surface area contributed by atoms with E-state index in [1.165, 1.54) is 12.1 Å². The van der Waals surface area contributed by atoms with Crippen LogP contribution in [0, 0.1) is 11.8 Å². The lowest BCUT2D eigenvalue weighted by molar-refractivity contribution is 0.0684. The number of hydrogen-bond donors (Lipinski definition) is 8. The summed E-state index contributed by atoms with van der Waals surface area (Å²) in [4.78, 5) is 46.5. The van der Waals surface area contributed by atoms with Gasteiger partial charge in [0.05, 0.1) is 11.1 Å². The summed E-state index contributed by atoms with van der Waals surface area (Å²) in [7, 11) is -3.10. The Labute approximate surface area is 664 Å². The van der Waals surface area contributed by atoms with E-state index in [0.717, 1.165) is 66.2 Å². The molecule has 0 spiro atoms. The molecule has 16 rings (SSSR count). The molecule has 2 aliphatic heterocycles. The molecule has 12 aromatic rings. The van der Waals surface area contributed by atoms with E-state index in [-0.39, 0.29) is 66.7 Å². The summed E-state index contributed by atoms with van der Waals surface area (Å²) < 4.78 is 46.2. The SMILES string of the molecule is C.C=C1C=CC2C(=C1)Oc1cc(OCc3ccc(B(O)O)cc3)ccc1C2c1ccccc1C(=O)O.C=C1C=CC2C(=C1)Oc1cc(OCc3ccccc3B(O)O)ccc1C2c1ccccc1C(=O)O.CB(O)c1ccc(COc2ccc3ccc(=O)oc3c2)cc1.CB(O)c1ccccc1COc1ccc2ccc(=O)oc2c1. The van der Waals surface area contributed by atoms with E-state index in [0.29, 0.717) is 92.4 Å². The van der Waals surface area contributed by atoms with E-state index in [1.54, 1.807) is 117 Å². The molecule has 2 aromatic heterocycles. The van der Waals surface area contributed by atoms with Crippen LogP contribution in [0.3, 0.4) is 0 Å². The lowest BCUT2D eigenvalue weighted by atomic mass is 9.62. The van der Waals surface area contributed by atoms with Crippen LogP contribution in [0.4, 0.5) is 0 Å². The molecule has 24 heteroatoms. The largest absolute Gasteiger partial charge is 0.489 e. The van der Waals surface area contributed by atoms with Gasteiger partial charge in [-0.15, -0.1) is 0 Å². The number of aromatic carboxylic acids is 2. The quantitative estimate of drug-likeness (QED) is 0.0260. The van der Waals surface area contributed by atoms with E-state index in [2.05, 4.69) is 13.2 Å². The summed E-state index contributed by atoms with van der Waals surface area (Å²) >= 11 is 0. The number of rotatable bonds is 20. The Balaban J connectivity index is 0.000000145.